The average molecular weight is 323 g/mol. The van der Waals surface area contributed by atoms with Gasteiger partial charge in [0.25, 0.3) is 5.69 Å². The van der Waals surface area contributed by atoms with Gasteiger partial charge in [-0.25, -0.2) is 0 Å². The summed E-state index contributed by atoms with van der Waals surface area (Å²) in [7, 11) is 0. The van der Waals surface area contributed by atoms with Crippen LogP contribution >= 0.6 is 11.6 Å². The van der Waals surface area contributed by atoms with Crippen molar-refractivity contribution in [3.8, 4) is 0 Å². The Morgan fingerprint density at radius 2 is 2.18 bits per heavy atom. The average Bonchev–Trinajstić information content (AvgIpc) is 2.78. The molecule has 22 heavy (non-hydrogen) atoms. The van der Waals surface area contributed by atoms with Crippen molar-refractivity contribution >= 4 is 28.9 Å². The number of benzene rings is 1. The summed E-state index contributed by atoms with van der Waals surface area (Å²) in [6.07, 6.45) is 1.77. The normalized spacial score (nSPS) is 10.5. The molecule has 116 valence electrons. The number of nitrogens with zero attached hydrogens (tertiary/aromatic N) is 3. The van der Waals surface area contributed by atoms with Gasteiger partial charge in [0, 0.05) is 24.2 Å². The third-order valence-corrected chi connectivity index (χ3v) is 3.66. The van der Waals surface area contributed by atoms with E-state index in [4.69, 9.17) is 11.6 Å². The van der Waals surface area contributed by atoms with Crippen molar-refractivity contribution in [3.05, 3.63) is 50.8 Å². The molecule has 2 rings (SSSR count). The van der Waals surface area contributed by atoms with E-state index in [1.165, 1.54) is 24.4 Å². The molecule has 1 amide bonds. The predicted octanol–water partition coefficient (Wildman–Crippen LogP) is 3.09. The molecule has 1 N–H and O–H groups in total. The second-order valence-electron chi connectivity index (χ2n) is 4.86. The number of nitro groups is 1. The standard InChI is InChI=1S/C14H15ClN4O3/c1-9-7-11(19(21)22)3-4-13(9)17-14(20)5-6-18-10(2)12(15)8-16-18/h3-4,7-8H,5-6H2,1-2H3,(H,17,20). The van der Waals surface area contributed by atoms with Crippen LogP contribution in [0.25, 0.3) is 0 Å². The number of carbonyl (C=O) groups excluding carboxylic acids is 1. The van der Waals surface area contributed by atoms with Gasteiger partial charge in [-0.05, 0) is 25.5 Å². The Labute approximate surface area is 132 Å². The highest BCUT2D eigenvalue weighted by Crippen LogP contribution is 2.21. The van der Waals surface area contributed by atoms with Gasteiger partial charge in [-0.15, -0.1) is 0 Å². The quantitative estimate of drug-likeness (QED) is 0.676. The van der Waals surface area contributed by atoms with Gasteiger partial charge in [0.1, 0.15) is 0 Å². The van der Waals surface area contributed by atoms with Crippen LogP contribution in [0.1, 0.15) is 17.7 Å². The zero-order valence-electron chi connectivity index (χ0n) is 12.2. The molecule has 0 fully saturated rings. The number of nitro benzene ring substituents is 1. The number of carbonyl (C=O) groups is 1. The highest BCUT2D eigenvalue weighted by atomic mass is 35.5. The fraction of sp³-hybridized carbons (Fsp3) is 0.286. The van der Waals surface area contributed by atoms with Crippen molar-refractivity contribution in [2.24, 2.45) is 0 Å². The molecule has 2 aromatic rings. The van der Waals surface area contributed by atoms with E-state index < -0.39 is 4.92 Å². The van der Waals surface area contributed by atoms with Crippen molar-refractivity contribution in [3.63, 3.8) is 0 Å². The second kappa shape index (κ2) is 6.57. The lowest BCUT2D eigenvalue weighted by Gasteiger charge is -2.09. The van der Waals surface area contributed by atoms with E-state index >= 15 is 0 Å². The number of non-ortho nitro benzene ring substituents is 1. The predicted molar refractivity (Wildman–Crippen MR) is 83.1 cm³/mol. The van der Waals surface area contributed by atoms with Crippen molar-refractivity contribution in [2.75, 3.05) is 5.32 Å². The first-order chi connectivity index (χ1) is 10.4. The fourth-order valence-electron chi connectivity index (χ4n) is 1.97. The van der Waals surface area contributed by atoms with E-state index in [0.717, 1.165) is 5.69 Å². The number of anilines is 1. The lowest BCUT2D eigenvalue weighted by atomic mass is 10.1. The summed E-state index contributed by atoms with van der Waals surface area (Å²) < 4.78 is 1.66. The minimum Gasteiger partial charge on any atom is -0.326 e. The molecule has 1 heterocycles. The first-order valence-corrected chi connectivity index (χ1v) is 6.99. The van der Waals surface area contributed by atoms with E-state index in [1.807, 2.05) is 6.92 Å². The number of rotatable bonds is 5. The third-order valence-electron chi connectivity index (χ3n) is 3.29. The zero-order chi connectivity index (χ0) is 16.3. The van der Waals surface area contributed by atoms with Crippen LogP contribution in [0.4, 0.5) is 11.4 Å². The van der Waals surface area contributed by atoms with E-state index in [2.05, 4.69) is 10.4 Å². The Balaban J connectivity index is 1.97. The van der Waals surface area contributed by atoms with Gasteiger partial charge < -0.3 is 5.32 Å². The number of amides is 1. The molecule has 0 saturated carbocycles. The molecule has 8 heteroatoms. The molecule has 1 aromatic carbocycles. The molecule has 0 aliphatic rings. The molecule has 0 radical (unpaired) electrons. The summed E-state index contributed by atoms with van der Waals surface area (Å²) in [6.45, 7) is 3.95. The van der Waals surface area contributed by atoms with E-state index in [0.29, 0.717) is 22.8 Å². The molecular weight excluding hydrogens is 308 g/mol. The molecule has 0 saturated heterocycles. The maximum Gasteiger partial charge on any atom is 0.269 e. The Morgan fingerprint density at radius 1 is 1.45 bits per heavy atom. The first kappa shape index (κ1) is 16.0. The van der Waals surface area contributed by atoms with E-state index in [9.17, 15) is 14.9 Å². The van der Waals surface area contributed by atoms with Crippen LogP contribution in [0.3, 0.4) is 0 Å². The SMILES string of the molecule is Cc1cc([N+](=O)[O-])ccc1NC(=O)CCn1ncc(Cl)c1C. The van der Waals surface area contributed by atoms with Crippen LogP contribution in [0.2, 0.25) is 5.02 Å². The second-order valence-corrected chi connectivity index (χ2v) is 5.26. The molecule has 7 nitrogen and oxygen atoms in total. The number of aryl methyl sites for hydroxylation is 2. The van der Waals surface area contributed by atoms with Gasteiger partial charge in [0.2, 0.25) is 5.91 Å². The van der Waals surface area contributed by atoms with Gasteiger partial charge in [-0.3, -0.25) is 19.6 Å². The highest BCUT2D eigenvalue weighted by molar-refractivity contribution is 6.31. The molecule has 0 unspecified atom stereocenters. The highest BCUT2D eigenvalue weighted by Gasteiger charge is 2.11. The minimum absolute atomic E-state index is 0.00249. The van der Waals surface area contributed by atoms with E-state index in [-0.39, 0.29) is 18.0 Å². The topological polar surface area (TPSA) is 90.1 Å². The maximum atomic E-state index is 12.0. The number of halogens is 1. The Hall–Kier alpha value is -2.41. The molecular formula is C14H15ClN4O3. The molecule has 0 atom stereocenters. The first-order valence-electron chi connectivity index (χ1n) is 6.61. The van der Waals surface area contributed by atoms with E-state index in [1.54, 1.807) is 11.6 Å². The summed E-state index contributed by atoms with van der Waals surface area (Å²) in [5.74, 6) is -0.192. The minimum atomic E-state index is -0.469. The number of hydrogen-bond acceptors (Lipinski definition) is 4. The van der Waals surface area contributed by atoms with Crippen LogP contribution in [0, 0.1) is 24.0 Å². The summed E-state index contributed by atoms with van der Waals surface area (Å²) in [6, 6.07) is 4.31. The van der Waals surface area contributed by atoms with Crippen LogP contribution < -0.4 is 5.32 Å². The van der Waals surface area contributed by atoms with Gasteiger partial charge in [0.15, 0.2) is 0 Å². The number of nitrogens with one attached hydrogen (secondary N) is 1. The van der Waals surface area contributed by atoms with Gasteiger partial charge >= 0.3 is 0 Å². The van der Waals surface area contributed by atoms with Crippen molar-refractivity contribution < 1.29 is 9.72 Å². The van der Waals surface area contributed by atoms with Crippen molar-refractivity contribution in [2.45, 2.75) is 26.8 Å². The molecule has 0 bridgehead atoms. The smallest absolute Gasteiger partial charge is 0.269 e. The monoisotopic (exact) mass is 322 g/mol. The Morgan fingerprint density at radius 3 is 2.73 bits per heavy atom. The van der Waals surface area contributed by atoms with Gasteiger partial charge in [-0.2, -0.15) is 5.10 Å². The number of aromatic nitrogens is 2. The molecule has 0 aliphatic heterocycles. The van der Waals surface area contributed by atoms with Gasteiger partial charge in [0.05, 0.1) is 28.4 Å². The summed E-state index contributed by atoms with van der Waals surface area (Å²) in [5, 5.41) is 18.0. The van der Waals surface area contributed by atoms with Crippen LogP contribution in [0.5, 0.6) is 0 Å². The largest absolute Gasteiger partial charge is 0.326 e. The summed E-state index contributed by atoms with van der Waals surface area (Å²) in [5.41, 5.74) is 2.00. The summed E-state index contributed by atoms with van der Waals surface area (Å²) in [4.78, 5) is 22.2. The Bertz CT molecular complexity index is 727. The van der Waals surface area contributed by atoms with Crippen LogP contribution in [-0.2, 0) is 11.3 Å². The number of hydrogen-bond donors (Lipinski definition) is 1. The van der Waals surface area contributed by atoms with Crippen LogP contribution in [0.15, 0.2) is 24.4 Å². The fourth-order valence-corrected chi connectivity index (χ4v) is 2.11. The lowest BCUT2D eigenvalue weighted by molar-refractivity contribution is -0.384. The third kappa shape index (κ3) is 3.62. The Kier molecular flexibility index (Phi) is 4.77. The maximum absolute atomic E-state index is 12.0. The molecule has 0 aliphatic carbocycles. The molecule has 0 spiro atoms. The van der Waals surface area contributed by atoms with Crippen molar-refractivity contribution in [1.82, 2.24) is 9.78 Å². The molecule has 1 aromatic heterocycles. The lowest BCUT2D eigenvalue weighted by Crippen LogP contribution is -2.16. The summed E-state index contributed by atoms with van der Waals surface area (Å²) >= 11 is 5.90. The van der Waals surface area contributed by atoms with Crippen LogP contribution in [-0.4, -0.2) is 20.6 Å². The van der Waals surface area contributed by atoms with Crippen molar-refractivity contribution in [1.29, 1.82) is 0 Å². The van der Waals surface area contributed by atoms with Gasteiger partial charge in [-0.1, -0.05) is 11.6 Å². The zero-order valence-corrected chi connectivity index (χ0v) is 12.9.